The van der Waals surface area contributed by atoms with Gasteiger partial charge in [-0.25, -0.2) is 5.43 Å². The summed E-state index contributed by atoms with van der Waals surface area (Å²) in [4.78, 5) is 12.3. The number of carbonyl (C=O) groups excluding carboxylic acids is 1. The van der Waals surface area contributed by atoms with Gasteiger partial charge < -0.3 is 10.4 Å². The number of hydrazone groups is 1. The van der Waals surface area contributed by atoms with E-state index in [1.54, 1.807) is 12.1 Å². The molecule has 0 radical (unpaired) electrons. The predicted molar refractivity (Wildman–Crippen MR) is 102 cm³/mol. The van der Waals surface area contributed by atoms with Gasteiger partial charge in [-0.15, -0.1) is 6.58 Å². The fourth-order valence-electron chi connectivity index (χ4n) is 2.37. The maximum Gasteiger partial charge on any atom is 0.262 e. The van der Waals surface area contributed by atoms with Gasteiger partial charge in [-0.2, -0.15) is 5.10 Å². The van der Waals surface area contributed by atoms with Crippen LogP contribution in [0.25, 0.3) is 0 Å². The molecule has 0 aliphatic heterocycles. The largest absolute Gasteiger partial charge is 0.507 e. The zero-order valence-electron chi connectivity index (χ0n) is 14.3. The van der Waals surface area contributed by atoms with Crippen molar-refractivity contribution in [3.8, 4) is 5.75 Å². The summed E-state index contributed by atoms with van der Waals surface area (Å²) in [5, 5.41) is 17.3. The molecule has 0 spiro atoms. The zero-order valence-corrected chi connectivity index (χ0v) is 14.3. The lowest BCUT2D eigenvalue weighted by Gasteiger charge is -2.16. The van der Waals surface area contributed by atoms with Crippen LogP contribution in [0.3, 0.4) is 0 Å². The molecular formula is C20H23N3O2. The molecule has 0 saturated heterocycles. The smallest absolute Gasteiger partial charge is 0.262 e. The van der Waals surface area contributed by atoms with Crippen LogP contribution in [0.1, 0.15) is 24.5 Å². The molecule has 0 bridgehead atoms. The summed E-state index contributed by atoms with van der Waals surface area (Å²) in [6.07, 6.45) is 4.35. The average molecular weight is 337 g/mol. The summed E-state index contributed by atoms with van der Waals surface area (Å²) in [5.74, 6) is -0.0841. The molecule has 0 saturated carbocycles. The zero-order chi connectivity index (χ0) is 18.1. The highest BCUT2D eigenvalue weighted by Gasteiger charge is 2.15. The minimum atomic E-state index is -0.389. The summed E-state index contributed by atoms with van der Waals surface area (Å²) in [6.45, 7) is 5.59. The summed E-state index contributed by atoms with van der Waals surface area (Å²) in [7, 11) is 0. The monoisotopic (exact) mass is 337 g/mol. The van der Waals surface area contributed by atoms with Gasteiger partial charge in [0.05, 0.1) is 6.21 Å². The number of para-hydroxylation sites is 2. The van der Waals surface area contributed by atoms with E-state index in [0.717, 1.165) is 11.3 Å². The third-order valence-electron chi connectivity index (χ3n) is 3.73. The Labute approximate surface area is 148 Å². The van der Waals surface area contributed by atoms with Gasteiger partial charge in [0.1, 0.15) is 11.8 Å². The summed E-state index contributed by atoms with van der Waals surface area (Å²) in [5.41, 5.74) is 4.71. The highest BCUT2D eigenvalue weighted by molar-refractivity contribution is 5.88. The lowest BCUT2D eigenvalue weighted by molar-refractivity contribution is -0.121. The topological polar surface area (TPSA) is 73.7 Å². The molecule has 0 heterocycles. The van der Waals surface area contributed by atoms with Crippen molar-refractivity contribution in [2.75, 3.05) is 5.32 Å². The van der Waals surface area contributed by atoms with Crippen molar-refractivity contribution < 1.29 is 9.90 Å². The number of allylic oxidation sites excluding steroid dienone is 1. The number of phenols is 1. The molecule has 1 unspecified atom stereocenters. The Bertz CT molecular complexity index is 742. The van der Waals surface area contributed by atoms with E-state index in [4.69, 9.17) is 0 Å². The van der Waals surface area contributed by atoms with Crippen molar-refractivity contribution in [2.24, 2.45) is 5.10 Å². The number of phenolic OH excluding ortho intramolecular Hbond substituents is 1. The molecule has 1 amide bonds. The highest BCUT2D eigenvalue weighted by Crippen LogP contribution is 2.21. The van der Waals surface area contributed by atoms with E-state index in [0.29, 0.717) is 18.4 Å². The first kappa shape index (κ1) is 18.3. The number of carbonyl (C=O) groups is 1. The molecule has 25 heavy (non-hydrogen) atoms. The lowest BCUT2D eigenvalue weighted by atomic mass is 10.1. The summed E-state index contributed by atoms with van der Waals surface area (Å²) >= 11 is 0. The van der Waals surface area contributed by atoms with Crippen LogP contribution in [0, 0.1) is 0 Å². The quantitative estimate of drug-likeness (QED) is 0.392. The Hall–Kier alpha value is -3.08. The number of aromatic hydroxyl groups is 1. The van der Waals surface area contributed by atoms with E-state index in [2.05, 4.69) is 22.4 Å². The van der Waals surface area contributed by atoms with Crippen LogP contribution in [0.5, 0.6) is 5.75 Å². The normalized spacial score (nSPS) is 11.9. The van der Waals surface area contributed by atoms with Gasteiger partial charge in [-0.1, -0.05) is 43.3 Å². The van der Waals surface area contributed by atoms with Crippen LogP contribution in [0.2, 0.25) is 0 Å². The SMILES string of the molecule is C=CCc1cccc(C=NNC(=O)C(CC)Nc2ccccc2)c1O. The Kier molecular flexibility index (Phi) is 6.77. The number of anilines is 1. The van der Waals surface area contributed by atoms with E-state index in [1.165, 1.54) is 6.21 Å². The molecule has 2 rings (SSSR count). The Morgan fingerprint density at radius 2 is 2.00 bits per heavy atom. The minimum absolute atomic E-state index is 0.148. The van der Waals surface area contributed by atoms with Crippen molar-refractivity contribution in [3.05, 3.63) is 72.3 Å². The first-order valence-corrected chi connectivity index (χ1v) is 8.22. The molecule has 5 heteroatoms. The van der Waals surface area contributed by atoms with Crippen LogP contribution < -0.4 is 10.7 Å². The first-order valence-electron chi connectivity index (χ1n) is 8.22. The number of hydrogen-bond acceptors (Lipinski definition) is 4. The summed E-state index contributed by atoms with van der Waals surface area (Å²) in [6, 6.07) is 14.5. The molecule has 130 valence electrons. The van der Waals surface area contributed by atoms with Crippen LogP contribution in [0.4, 0.5) is 5.69 Å². The number of nitrogens with one attached hydrogen (secondary N) is 2. The fourth-order valence-corrected chi connectivity index (χ4v) is 2.37. The second kappa shape index (κ2) is 9.27. The second-order valence-electron chi connectivity index (χ2n) is 5.55. The number of nitrogens with zero attached hydrogens (tertiary/aromatic N) is 1. The van der Waals surface area contributed by atoms with Gasteiger partial charge in [0.2, 0.25) is 0 Å². The van der Waals surface area contributed by atoms with Crippen molar-refractivity contribution in [1.29, 1.82) is 0 Å². The molecule has 2 aromatic carbocycles. The van der Waals surface area contributed by atoms with E-state index in [9.17, 15) is 9.90 Å². The maximum absolute atomic E-state index is 12.3. The van der Waals surface area contributed by atoms with E-state index in [-0.39, 0.29) is 17.7 Å². The highest BCUT2D eigenvalue weighted by atomic mass is 16.3. The van der Waals surface area contributed by atoms with Crippen LogP contribution in [0.15, 0.2) is 66.3 Å². The first-order chi connectivity index (χ1) is 12.2. The Morgan fingerprint density at radius 1 is 1.24 bits per heavy atom. The van der Waals surface area contributed by atoms with E-state index in [1.807, 2.05) is 49.4 Å². The molecule has 5 nitrogen and oxygen atoms in total. The molecule has 0 fully saturated rings. The van der Waals surface area contributed by atoms with Crippen LogP contribution in [-0.4, -0.2) is 23.3 Å². The van der Waals surface area contributed by atoms with Crippen molar-refractivity contribution in [1.82, 2.24) is 5.43 Å². The van der Waals surface area contributed by atoms with Gasteiger partial charge in [0, 0.05) is 11.3 Å². The van der Waals surface area contributed by atoms with Gasteiger partial charge >= 0.3 is 0 Å². The molecule has 1 atom stereocenters. The third kappa shape index (κ3) is 5.21. The van der Waals surface area contributed by atoms with E-state index < -0.39 is 0 Å². The Morgan fingerprint density at radius 3 is 2.68 bits per heavy atom. The number of rotatable bonds is 8. The predicted octanol–water partition coefficient (Wildman–Crippen LogP) is 3.46. The van der Waals surface area contributed by atoms with Crippen molar-refractivity contribution in [3.63, 3.8) is 0 Å². The van der Waals surface area contributed by atoms with Crippen LogP contribution in [-0.2, 0) is 11.2 Å². The van der Waals surface area contributed by atoms with Gasteiger partial charge in [-0.3, -0.25) is 4.79 Å². The maximum atomic E-state index is 12.3. The fraction of sp³-hybridized carbons (Fsp3) is 0.200. The molecule has 3 N–H and O–H groups in total. The number of amides is 1. The standard InChI is InChI=1S/C20H23N3O2/c1-3-9-15-10-8-11-16(19(15)24)14-21-23-20(25)18(4-2)22-17-12-6-5-7-13-17/h3,5-8,10-14,18,22,24H,1,4,9H2,2H3,(H,23,25). The summed E-state index contributed by atoms with van der Waals surface area (Å²) < 4.78 is 0. The van der Waals surface area contributed by atoms with Crippen LogP contribution >= 0.6 is 0 Å². The second-order valence-corrected chi connectivity index (χ2v) is 5.55. The number of hydrogen-bond donors (Lipinski definition) is 3. The molecule has 0 aliphatic carbocycles. The van der Waals surface area contributed by atoms with Crippen molar-refractivity contribution in [2.45, 2.75) is 25.8 Å². The Balaban J connectivity index is 1.99. The van der Waals surface area contributed by atoms with Gasteiger partial charge in [-0.05, 0) is 36.6 Å². The van der Waals surface area contributed by atoms with Gasteiger partial charge in [0.15, 0.2) is 0 Å². The average Bonchev–Trinajstić information content (AvgIpc) is 2.63. The van der Waals surface area contributed by atoms with Crippen molar-refractivity contribution >= 4 is 17.8 Å². The molecule has 2 aromatic rings. The third-order valence-corrected chi connectivity index (χ3v) is 3.73. The molecular weight excluding hydrogens is 314 g/mol. The minimum Gasteiger partial charge on any atom is -0.507 e. The molecule has 0 aliphatic rings. The van der Waals surface area contributed by atoms with Gasteiger partial charge in [0.25, 0.3) is 5.91 Å². The lowest BCUT2D eigenvalue weighted by Crippen LogP contribution is -2.36. The molecule has 0 aromatic heterocycles. The number of benzene rings is 2. The van der Waals surface area contributed by atoms with E-state index >= 15 is 0 Å².